The van der Waals surface area contributed by atoms with Gasteiger partial charge in [0.2, 0.25) is 5.91 Å². The van der Waals surface area contributed by atoms with E-state index >= 15 is 0 Å². The number of anilines is 1. The van der Waals surface area contributed by atoms with E-state index in [9.17, 15) is 9.59 Å². The largest absolute Gasteiger partial charge is 0.382 e. The molecule has 1 aliphatic rings. The Labute approximate surface area is 143 Å². The minimum atomic E-state index is -0.230. The molecule has 0 saturated carbocycles. The molecule has 0 aliphatic carbocycles. The van der Waals surface area contributed by atoms with E-state index in [1.54, 1.807) is 4.90 Å². The van der Waals surface area contributed by atoms with Crippen molar-refractivity contribution in [3.8, 4) is 0 Å². The topological polar surface area (TPSA) is 70.7 Å². The van der Waals surface area contributed by atoms with Gasteiger partial charge in [-0.1, -0.05) is 6.07 Å². The van der Waals surface area contributed by atoms with Gasteiger partial charge in [0.25, 0.3) is 0 Å². The Bertz CT molecular complexity index is 589. The lowest BCUT2D eigenvalue weighted by Gasteiger charge is -2.18. The first kappa shape index (κ1) is 18.3. The number of urea groups is 1. The number of benzene rings is 1. The molecule has 0 spiro atoms. The number of amides is 3. The highest BCUT2D eigenvalue weighted by Gasteiger charge is 2.31. The molecule has 6 nitrogen and oxygen atoms in total. The fourth-order valence-electron chi connectivity index (χ4n) is 2.70. The zero-order chi connectivity index (χ0) is 17.5. The lowest BCUT2D eigenvalue weighted by Crippen LogP contribution is -2.43. The third-order valence-electron chi connectivity index (χ3n) is 4.22. The quantitative estimate of drug-likeness (QED) is 0.751. The smallest absolute Gasteiger partial charge is 0.315 e. The van der Waals surface area contributed by atoms with Crippen LogP contribution in [0.5, 0.6) is 0 Å². The van der Waals surface area contributed by atoms with Crippen LogP contribution in [0.1, 0.15) is 30.9 Å². The molecule has 0 unspecified atom stereocenters. The van der Waals surface area contributed by atoms with Gasteiger partial charge in [-0.2, -0.15) is 0 Å². The van der Waals surface area contributed by atoms with E-state index in [2.05, 4.69) is 10.6 Å². The van der Waals surface area contributed by atoms with Crippen LogP contribution in [-0.2, 0) is 9.53 Å². The monoisotopic (exact) mass is 333 g/mol. The summed E-state index contributed by atoms with van der Waals surface area (Å²) in [5.41, 5.74) is 3.25. The summed E-state index contributed by atoms with van der Waals surface area (Å²) in [6.07, 6.45) is 1.11. The SMILES string of the molecule is CCOCCCNC(=O)N[C@@H]1CC(=O)N(c2ccc(C)c(C)c2)C1. The van der Waals surface area contributed by atoms with Crippen molar-refractivity contribution in [1.82, 2.24) is 10.6 Å². The van der Waals surface area contributed by atoms with E-state index in [1.165, 1.54) is 5.56 Å². The molecule has 1 atom stereocenters. The maximum absolute atomic E-state index is 12.2. The standard InChI is InChI=1S/C18H27N3O3/c1-4-24-9-5-8-19-18(23)20-15-11-17(22)21(12-15)16-7-6-13(2)14(3)10-16/h6-7,10,15H,4-5,8-9,11-12H2,1-3H3,(H2,19,20,23)/t15-/m1/s1. The first-order valence-electron chi connectivity index (χ1n) is 8.51. The summed E-state index contributed by atoms with van der Waals surface area (Å²) in [6.45, 7) is 8.42. The van der Waals surface area contributed by atoms with Crippen LogP contribution in [0.3, 0.4) is 0 Å². The van der Waals surface area contributed by atoms with Crippen molar-refractivity contribution in [2.45, 2.75) is 39.7 Å². The molecule has 1 aromatic carbocycles. The second-order valence-electron chi connectivity index (χ2n) is 6.12. The van der Waals surface area contributed by atoms with Crippen molar-refractivity contribution in [3.63, 3.8) is 0 Å². The van der Waals surface area contributed by atoms with Crippen LogP contribution in [0.25, 0.3) is 0 Å². The second kappa shape index (κ2) is 8.68. The summed E-state index contributed by atoms with van der Waals surface area (Å²) >= 11 is 0. The second-order valence-corrected chi connectivity index (χ2v) is 6.12. The molecule has 6 heteroatoms. The summed E-state index contributed by atoms with van der Waals surface area (Å²) < 4.78 is 5.22. The van der Waals surface area contributed by atoms with Crippen LogP contribution in [-0.4, -0.2) is 44.3 Å². The molecule has 132 valence electrons. The van der Waals surface area contributed by atoms with E-state index in [1.807, 2.05) is 39.0 Å². The Balaban J connectivity index is 1.81. The van der Waals surface area contributed by atoms with Gasteiger partial charge < -0.3 is 20.3 Å². The molecule has 1 aromatic rings. The Morgan fingerprint density at radius 2 is 2.12 bits per heavy atom. The molecule has 1 aliphatic heterocycles. The lowest BCUT2D eigenvalue weighted by molar-refractivity contribution is -0.117. The molecule has 1 heterocycles. The number of hydrogen-bond donors (Lipinski definition) is 2. The molecule has 2 N–H and O–H groups in total. The highest BCUT2D eigenvalue weighted by atomic mass is 16.5. The molecule has 1 saturated heterocycles. The summed E-state index contributed by atoms with van der Waals surface area (Å²) in [7, 11) is 0. The molecule has 24 heavy (non-hydrogen) atoms. The molecular formula is C18H27N3O3. The maximum Gasteiger partial charge on any atom is 0.315 e. The minimum absolute atomic E-state index is 0.0416. The zero-order valence-corrected chi connectivity index (χ0v) is 14.7. The van der Waals surface area contributed by atoms with E-state index < -0.39 is 0 Å². The van der Waals surface area contributed by atoms with Crippen LogP contribution >= 0.6 is 0 Å². The van der Waals surface area contributed by atoms with Crippen molar-refractivity contribution in [2.75, 3.05) is 31.2 Å². The van der Waals surface area contributed by atoms with Gasteiger partial charge in [0.1, 0.15) is 0 Å². The van der Waals surface area contributed by atoms with Gasteiger partial charge in [-0.15, -0.1) is 0 Å². The van der Waals surface area contributed by atoms with Crippen LogP contribution < -0.4 is 15.5 Å². The fraction of sp³-hybridized carbons (Fsp3) is 0.556. The van der Waals surface area contributed by atoms with Crippen molar-refractivity contribution >= 4 is 17.6 Å². The number of nitrogens with one attached hydrogen (secondary N) is 2. The van der Waals surface area contributed by atoms with Gasteiger partial charge in [-0.3, -0.25) is 4.79 Å². The number of ether oxygens (including phenoxy) is 1. The highest BCUT2D eigenvalue weighted by molar-refractivity contribution is 5.96. The van der Waals surface area contributed by atoms with Crippen LogP contribution in [0, 0.1) is 13.8 Å². The zero-order valence-electron chi connectivity index (χ0n) is 14.7. The number of aryl methyl sites for hydroxylation is 2. The van der Waals surface area contributed by atoms with E-state index in [0.29, 0.717) is 32.7 Å². The minimum Gasteiger partial charge on any atom is -0.382 e. The molecule has 0 bridgehead atoms. The predicted octanol–water partition coefficient (Wildman–Crippen LogP) is 2.13. The summed E-state index contributed by atoms with van der Waals surface area (Å²) in [4.78, 5) is 25.9. The molecule has 2 rings (SSSR count). The van der Waals surface area contributed by atoms with Gasteiger partial charge in [0.15, 0.2) is 0 Å². The van der Waals surface area contributed by atoms with Crippen LogP contribution in [0.15, 0.2) is 18.2 Å². The highest BCUT2D eigenvalue weighted by Crippen LogP contribution is 2.24. The van der Waals surface area contributed by atoms with Crippen LogP contribution in [0.2, 0.25) is 0 Å². The molecule has 0 radical (unpaired) electrons. The van der Waals surface area contributed by atoms with Crippen molar-refractivity contribution in [3.05, 3.63) is 29.3 Å². The molecule has 1 fully saturated rings. The van der Waals surface area contributed by atoms with Crippen LogP contribution in [0.4, 0.5) is 10.5 Å². The number of nitrogens with zero attached hydrogens (tertiary/aromatic N) is 1. The van der Waals surface area contributed by atoms with Crippen molar-refractivity contribution in [1.29, 1.82) is 0 Å². The van der Waals surface area contributed by atoms with Gasteiger partial charge in [0, 0.05) is 38.4 Å². The Kier molecular flexibility index (Phi) is 6.61. The molecule has 3 amide bonds. The number of carbonyl (C=O) groups excluding carboxylic acids is 2. The van der Waals surface area contributed by atoms with E-state index in [-0.39, 0.29) is 18.0 Å². The van der Waals surface area contributed by atoms with Gasteiger partial charge in [-0.25, -0.2) is 4.79 Å². The van der Waals surface area contributed by atoms with Crippen molar-refractivity contribution in [2.24, 2.45) is 0 Å². The Morgan fingerprint density at radius 3 is 2.83 bits per heavy atom. The lowest BCUT2D eigenvalue weighted by atomic mass is 10.1. The molecule has 0 aromatic heterocycles. The Morgan fingerprint density at radius 1 is 1.33 bits per heavy atom. The normalized spacial score (nSPS) is 17.2. The summed E-state index contributed by atoms with van der Waals surface area (Å²) in [5, 5.41) is 5.67. The average Bonchev–Trinajstić information content (AvgIpc) is 2.90. The first-order valence-corrected chi connectivity index (χ1v) is 8.51. The first-order chi connectivity index (χ1) is 11.5. The summed E-state index contributed by atoms with van der Waals surface area (Å²) in [5.74, 6) is 0.0416. The van der Waals surface area contributed by atoms with Crippen molar-refractivity contribution < 1.29 is 14.3 Å². The fourth-order valence-corrected chi connectivity index (χ4v) is 2.70. The van der Waals surface area contributed by atoms with Gasteiger partial charge in [-0.05, 0) is 50.5 Å². The predicted molar refractivity (Wildman–Crippen MR) is 94.3 cm³/mol. The van der Waals surface area contributed by atoms with E-state index in [4.69, 9.17) is 4.74 Å². The Hall–Kier alpha value is -2.08. The number of rotatable bonds is 7. The van der Waals surface area contributed by atoms with E-state index in [0.717, 1.165) is 17.7 Å². The molecular weight excluding hydrogens is 306 g/mol. The third kappa shape index (κ3) is 4.96. The number of carbonyl (C=O) groups is 2. The average molecular weight is 333 g/mol. The van der Waals surface area contributed by atoms with Gasteiger partial charge >= 0.3 is 6.03 Å². The number of hydrogen-bond acceptors (Lipinski definition) is 3. The van der Waals surface area contributed by atoms with Gasteiger partial charge in [0.05, 0.1) is 6.04 Å². The third-order valence-corrected chi connectivity index (χ3v) is 4.22. The maximum atomic E-state index is 12.2. The summed E-state index contributed by atoms with van der Waals surface area (Å²) in [6, 6.07) is 5.60.